The summed E-state index contributed by atoms with van der Waals surface area (Å²) in [6, 6.07) is 9.67. The molecule has 1 aliphatic rings. The number of hydrogen-bond acceptors (Lipinski definition) is 5. The fraction of sp³-hybridized carbons (Fsp3) is 0.133. The highest BCUT2D eigenvalue weighted by atomic mass is 32.2. The lowest BCUT2D eigenvalue weighted by atomic mass is 10.0. The van der Waals surface area contributed by atoms with E-state index in [1.807, 2.05) is 0 Å². The van der Waals surface area contributed by atoms with Crippen LogP contribution in [0.4, 0.5) is 17.1 Å². The summed E-state index contributed by atoms with van der Waals surface area (Å²) >= 11 is 0. The number of nitrogens with one attached hydrogen (secondary N) is 2. The summed E-state index contributed by atoms with van der Waals surface area (Å²) < 4.78 is 27.3. The molecule has 0 unspecified atom stereocenters. The number of nitro groups is 1. The summed E-state index contributed by atoms with van der Waals surface area (Å²) in [5, 5.41) is 13.4. The molecule has 9 heteroatoms. The number of benzene rings is 2. The number of nitro benzene ring substituents is 1. The first-order valence-electron chi connectivity index (χ1n) is 7.05. The molecule has 0 fully saturated rings. The highest BCUT2D eigenvalue weighted by molar-refractivity contribution is 7.92. The van der Waals surface area contributed by atoms with E-state index in [9.17, 15) is 23.3 Å². The number of carbonyl (C=O) groups excluding carboxylic acids is 1. The van der Waals surface area contributed by atoms with Crippen LogP contribution in [0.25, 0.3) is 0 Å². The van der Waals surface area contributed by atoms with Gasteiger partial charge < -0.3 is 5.32 Å². The second-order valence-electron chi connectivity index (χ2n) is 5.28. The highest BCUT2D eigenvalue weighted by Crippen LogP contribution is 2.27. The molecule has 0 aliphatic carbocycles. The standard InChI is InChI=1S/C15H13N3O5S/c19-15-7-4-10-8-13(5-6-14(10)16-15)24(22,23)17-11-2-1-3-12(9-11)18(20)21/h1-3,5-6,8-9,17H,4,7H2,(H,16,19). The summed E-state index contributed by atoms with van der Waals surface area (Å²) in [5.41, 5.74) is 1.23. The van der Waals surface area contributed by atoms with E-state index in [0.717, 1.165) is 11.6 Å². The number of carbonyl (C=O) groups is 1. The number of amides is 1. The zero-order chi connectivity index (χ0) is 17.3. The molecule has 2 aromatic rings. The van der Waals surface area contributed by atoms with E-state index in [2.05, 4.69) is 10.0 Å². The first-order chi connectivity index (χ1) is 11.3. The van der Waals surface area contributed by atoms with E-state index in [-0.39, 0.29) is 22.2 Å². The van der Waals surface area contributed by atoms with Crippen molar-refractivity contribution in [2.75, 3.05) is 10.0 Å². The zero-order valence-electron chi connectivity index (χ0n) is 12.4. The lowest BCUT2D eigenvalue weighted by Gasteiger charge is -2.17. The molecule has 1 heterocycles. The molecule has 24 heavy (non-hydrogen) atoms. The fourth-order valence-electron chi connectivity index (χ4n) is 2.42. The Kier molecular flexibility index (Phi) is 3.94. The lowest BCUT2D eigenvalue weighted by Crippen LogP contribution is -2.20. The molecule has 8 nitrogen and oxygen atoms in total. The predicted octanol–water partition coefficient (Wildman–Crippen LogP) is 2.28. The number of aryl methyl sites for hydroxylation is 1. The molecule has 3 rings (SSSR count). The van der Waals surface area contributed by atoms with Crippen LogP contribution < -0.4 is 10.0 Å². The number of nitrogens with zero attached hydrogens (tertiary/aromatic N) is 1. The van der Waals surface area contributed by atoms with Gasteiger partial charge in [0, 0.05) is 24.2 Å². The monoisotopic (exact) mass is 347 g/mol. The third-order valence-corrected chi connectivity index (χ3v) is 4.97. The summed E-state index contributed by atoms with van der Waals surface area (Å²) in [6.45, 7) is 0. The Balaban J connectivity index is 1.90. The van der Waals surface area contributed by atoms with Crippen molar-refractivity contribution >= 4 is 33.0 Å². The van der Waals surface area contributed by atoms with Gasteiger partial charge in [-0.1, -0.05) is 6.07 Å². The molecular formula is C15H13N3O5S. The van der Waals surface area contributed by atoms with Crippen LogP contribution in [0.2, 0.25) is 0 Å². The van der Waals surface area contributed by atoms with Crippen LogP contribution in [0.1, 0.15) is 12.0 Å². The van der Waals surface area contributed by atoms with Gasteiger partial charge in [-0.2, -0.15) is 0 Å². The third kappa shape index (κ3) is 3.20. The minimum atomic E-state index is -3.89. The van der Waals surface area contributed by atoms with Crippen molar-refractivity contribution in [1.29, 1.82) is 0 Å². The number of sulfonamides is 1. The van der Waals surface area contributed by atoms with Gasteiger partial charge >= 0.3 is 0 Å². The van der Waals surface area contributed by atoms with E-state index < -0.39 is 14.9 Å². The van der Waals surface area contributed by atoms with E-state index in [1.54, 1.807) is 0 Å². The molecule has 0 bridgehead atoms. The predicted molar refractivity (Wildman–Crippen MR) is 87.3 cm³/mol. The Hall–Kier alpha value is -2.94. The quantitative estimate of drug-likeness (QED) is 0.650. The van der Waals surface area contributed by atoms with Crippen molar-refractivity contribution in [3.05, 3.63) is 58.1 Å². The Morgan fingerprint density at radius 1 is 1.12 bits per heavy atom. The molecule has 0 saturated carbocycles. The number of non-ortho nitro benzene ring substituents is 1. The van der Waals surface area contributed by atoms with Crippen LogP contribution in [-0.2, 0) is 21.2 Å². The average molecular weight is 347 g/mol. The van der Waals surface area contributed by atoms with Crippen molar-refractivity contribution in [3.63, 3.8) is 0 Å². The Bertz CT molecular complexity index is 940. The van der Waals surface area contributed by atoms with Crippen molar-refractivity contribution in [1.82, 2.24) is 0 Å². The first-order valence-corrected chi connectivity index (χ1v) is 8.53. The van der Waals surface area contributed by atoms with Crippen molar-refractivity contribution < 1.29 is 18.1 Å². The molecule has 124 valence electrons. The fourth-order valence-corrected chi connectivity index (χ4v) is 3.52. The number of anilines is 2. The summed E-state index contributed by atoms with van der Waals surface area (Å²) in [7, 11) is -3.89. The van der Waals surface area contributed by atoms with Crippen molar-refractivity contribution in [2.24, 2.45) is 0 Å². The Morgan fingerprint density at radius 3 is 2.67 bits per heavy atom. The molecule has 0 radical (unpaired) electrons. The van der Waals surface area contributed by atoms with Gasteiger partial charge in [-0.3, -0.25) is 19.6 Å². The first kappa shape index (κ1) is 15.9. The third-order valence-electron chi connectivity index (χ3n) is 3.59. The second kappa shape index (κ2) is 5.93. The van der Waals surface area contributed by atoms with Gasteiger partial charge in [0.2, 0.25) is 5.91 Å². The molecular weight excluding hydrogens is 334 g/mol. The van der Waals surface area contributed by atoms with Crippen LogP contribution in [0, 0.1) is 10.1 Å². The van der Waals surface area contributed by atoms with Gasteiger partial charge in [0.1, 0.15) is 0 Å². The zero-order valence-corrected chi connectivity index (χ0v) is 13.2. The lowest BCUT2D eigenvalue weighted by molar-refractivity contribution is -0.384. The SMILES string of the molecule is O=C1CCc2cc(S(=O)(=O)Nc3cccc([N+](=O)[O-])c3)ccc2N1. The normalized spacial score (nSPS) is 13.8. The maximum atomic E-state index is 12.5. The summed E-state index contributed by atoms with van der Waals surface area (Å²) in [5.74, 6) is -0.104. The summed E-state index contributed by atoms with van der Waals surface area (Å²) in [4.78, 5) is 21.5. The van der Waals surface area contributed by atoms with Gasteiger partial charge in [0.15, 0.2) is 0 Å². The number of hydrogen-bond donors (Lipinski definition) is 2. The molecule has 0 aromatic heterocycles. The molecule has 1 amide bonds. The van der Waals surface area contributed by atoms with Crippen LogP contribution in [0.15, 0.2) is 47.4 Å². The van der Waals surface area contributed by atoms with Crippen LogP contribution in [0.5, 0.6) is 0 Å². The smallest absolute Gasteiger partial charge is 0.271 e. The van der Waals surface area contributed by atoms with Gasteiger partial charge in [-0.05, 0) is 36.2 Å². The van der Waals surface area contributed by atoms with Crippen LogP contribution in [-0.4, -0.2) is 19.2 Å². The van der Waals surface area contributed by atoms with Crippen molar-refractivity contribution in [2.45, 2.75) is 17.7 Å². The summed E-state index contributed by atoms with van der Waals surface area (Å²) in [6.07, 6.45) is 0.760. The molecule has 1 aliphatic heterocycles. The Morgan fingerprint density at radius 2 is 1.92 bits per heavy atom. The van der Waals surface area contributed by atoms with Gasteiger partial charge in [0.05, 0.1) is 15.5 Å². The van der Waals surface area contributed by atoms with E-state index in [4.69, 9.17) is 0 Å². The Labute approximate surface area is 137 Å². The average Bonchev–Trinajstić information content (AvgIpc) is 2.54. The van der Waals surface area contributed by atoms with Crippen LogP contribution in [0.3, 0.4) is 0 Å². The topological polar surface area (TPSA) is 118 Å². The maximum absolute atomic E-state index is 12.5. The molecule has 0 saturated heterocycles. The van der Waals surface area contributed by atoms with E-state index in [0.29, 0.717) is 18.5 Å². The second-order valence-corrected chi connectivity index (χ2v) is 6.96. The van der Waals surface area contributed by atoms with E-state index in [1.165, 1.54) is 36.4 Å². The number of fused-ring (bicyclic) bond motifs is 1. The van der Waals surface area contributed by atoms with Gasteiger partial charge in [-0.15, -0.1) is 0 Å². The number of rotatable bonds is 4. The largest absolute Gasteiger partial charge is 0.326 e. The minimum Gasteiger partial charge on any atom is -0.326 e. The minimum absolute atomic E-state index is 0.0314. The van der Waals surface area contributed by atoms with Gasteiger partial charge in [0.25, 0.3) is 15.7 Å². The molecule has 2 aromatic carbocycles. The molecule has 0 atom stereocenters. The maximum Gasteiger partial charge on any atom is 0.271 e. The van der Waals surface area contributed by atoms with Gasteiger partial charge in [-0.25, -0.2) is 8.42 Å². The van der Waals surface area contributed by atoms with E-state index >= 15 is 0 Å². The van der Waals surface area contributed by atoms with Crippen molar-refractivity contribution in [3.8, 4) is 0 Å². The molecule has 0 spiro atoms. The highest BCUT2D eigenvalue weighted by Gasteiger charge is 2.20. The molecule has 2 N–H and O–H groups in total. The van der Waals surface area contributed by atoms with Crippen LogP contribution >= 0.6 is 0 Å².